The first-order chi connectivity index (χ1) is 20.6. The van der Waals surface area contributed by atoms with Gasteiger partial charge in [-0.05, 0) is 71.5 Å². The minimum absolute atomic E-state index is 1.18. The number of rotatable bonds is 4. The van der Waals surface area contributed by atoms with Crippen LogP contribution in [-0.2, 0) is 0 Å². The fourth-order valence-corrected chi connectivity index (χ4v) is 7.62. The average molecular weight is 556 g/mol. The van der Waals surface area contributed by atoms with Crippen LogP contribution in [-0.4, -0.2) is 4.98 Å². The molecular weight excluding hydrogens is 527 g/mol. The minimum Gasteiger partial charge on any atom is -0.354 e. The third-order valence-corrected chi connectivity index (χ3v) is 9.48. The number of H-pyrrole nitrogens is 1. The Balaban J connectivity index is 1.50. The van der Waals surface area contributed by atoms with Crippen LogP contribution in [0.5, 0.6) is 0 Å². The summed E-state index contributed by atoms with van der Waals surface area (Å²) in [5.74, 6) is 0. The number of aromatic amines is 1. The van der Waals surface area contributed by atoms with Crippen molar-refractivity contribution in [3.05, 3.63) is 143 Å². The van der Waals surface area contributed by atoms with Crippen molar-refractivity contribution in [2.24, 2.45) is 0 Å². The van der Waals surface area contributed by atoms with Crippen molar-refractivity contribution in [1.29, 1.82) is 0 Å². The second-order valence-corrected chi connectivity index (χ2v) is 12.3. The molecule has 0 fully saturated rings. The Morgan fingerprint density at radius 1 is 0.524 bits per heavy atom. The molecule has 0 atom stereocenters. The Hall–Kier alpha value is -4.92. The first-order valence-corrected chi connectivity index (χ1v) is 15.2. The zero-order valence-corrected chi connectivity index (χ0v) is 24.4. The zero-order chi connectivity index (χ0) is 28.2. The third-order valence-electron chi connectivity index (χ3n) is 8.29. The summed E-state index contributed by atoms with van der Waals surface area (Å²) in [5, 5.41) is 7.75. The van der Waals surface area contributed by atoms with Crippen molar-refractivity contribution in [2.75, 3.05) is 0 Å². The molecule has 0 unspecified atom stereocenters. The van der Waals surface area contributed by atoms with Crippen LogP contribution in [0.15, 0.2) is 109 Å². The van der Waals surface area contributed by atoms with Gasteiger partial charge in [0.1, 0.15) is 0 Å². The molecule has 1 nitrogen and oxygen atoms in total. The number of benzene rings is 6. The van der Waals surface area contributed by atoms with Crippen LogP contribution < -0.4 is 0 Å². The van der Waals surface area contributed by atoms with Crippen LogP contribution in [0.1, 0.15) is 33.4 Å². The number of aromatic nitrogens is 1. The van der Waals surface area contributed by atoms with Gasteiger partial charge in [-0.3, -0.25) is 0 Å². The number of nitrogens with one attached hydrogen (secondary N) is 1. The van der Waals surface area contributed by atoms with E-state index in [2.05, 4.69) is 152 Å². The van der Waals surface area contributed by atoms with Crippen LogP contribution in [0.4, 0.5) is 0 Å². The van der Waals surface area contributed by atoms with Crippen molar-refractivity contribution < 1.29 is 0 Å². The van der Waals surface area contributed by atoms with E-state index in [0.717, 1.165) is 0 Å². The van der Waals surface area contributed by atoms with E-state index in [9.17, 15) is 0 Å². The van der Waals surface area contributed by atoms with Crippen molar-refractivity contribution in [1.82, 2.24) is 4.98 Å². The molecule has 0 radical (unpaired) electrons. The molecule has 2 heterocycles. The van der Waals surface area contributed by atoms with Crippen LogP contribution in [0, 0.1) is 13.8 Å². The minimum atomic E-state index is 1.18. The largest absolute Gasteiger partial charge is 0.354 e. The lowest BCUT2D eigenvalue weighted by Gasteiger charge is -2.09. The predicted molar refractivity (Wildman–Crippen MR) is 186 cm³/mol. The highest BCUT2D eigenvalue weighted by atomic mass is 32.1. The molecule has 200 valence electrons. The fourth-order valence-electron chi connectivity index (χ4n) is 6.26. The lowest BCUT2D eigenvalue weighted by molar-refractivity contribution is 1.47. The molecule has 0 amide bonds. The van der Waals surface area contributed by atoms with Crippen LogP contribution in [0.2, 0.25) is 0 Å². The first-order valence-electron chi connectivity index (χ1n) is 14.4. The lowest BCUT2D eigenvalue weighted by Crippen LogP contribution is -1.85. The van der Waals surface area contributed by atoms with Gasteiger partial charge in [0, 0.05) is 47.2 Å². The number of hydrogen-bond donors (Lipinski definition) is 1. The van der Waals surface area contributed by atoms with Crippen LogP contribution in [0.25, 0.3) is 77.1 Å². The molecule has 1 N–H and O–H groups in total. The highest BCUT2D eigenvalue weighted by Crippen LogP contribution is 2.45. The van der Waals surface area contributed by atoms with Gasteiger partial charge < -0.3 is 4.98 Å². The molecule has 8 rings (SSSR count). The molecule has 0 spiro atoms. The summed E-state index contributed by atoms with van der Waals surface area (Å²) >= 11 is 1.91. The molecule has 42 heavy (non-hydrogen) atoms. The molecule has 0 saturated carbocycles. The highest BCUT2D eigenvalue weighted by molar-refractivity contribution is 7.26. The zero-order valence-electron chi connectivity index (χ0n) is 23.6. The summed E-state index contributed by atoms with van der Waals surface area (Å²) in [4.78, 5) is 3.86. The molecule has 2 aromatic heterocycles. The van der Waals surface area contributed by atoms with Gasteiger partial charge in [0.2, 0.25) is 0 Å². The lowest BCUT2D eigenvalue weighted by atomic mass is 9.94. The summed E-state index contributed by atoms with van der Waals surface area (Å²) in [5.41, 5.74) is 9.82. The Kier molecular flexibility index (Phi) is 5.84. The second kappa shape index (κ2) is 9.87. The van der Waals surface area contributed by atoms with E-state index in [1.807, 2.05) is 11.3 Å². The maximum absolute atomic E-state index is 3.86. The number of thiophene rings is 1. The third kappa shape index (κ3) is 4.15. The standard InChI is InChI=1S/C40H29NS/c1-25-13-19-31-35(21-25)41-39-33-23-30(18-16-28-11-7-4-8-12-28)38-32-20-14-26(2)22-36(32)42-40(38)34(33)24-29(37(31)39)17-15-27-9-5-3-6-10-27/h3-24,41H,1-2H3/b17-15+,18-16+. The highest BCUT2D eigenvalue weighted by Gasteiger charge is 2.18. The Morgan fingerprint density at radius 2 is 1.12 bits per heavy atom. The van der Waals surface area contributed by atoms with Crippen molar-refractivity contribution in [3.8, 4) is 0 Å². The van der Waals surface area contributed by atoms with Crippen molar-refractivity contribution in [3.63, 3.8) is 0 Å². The molecule has 0 bridgehead atoms. The Bertz CT molecular complexity index is 2180. The molecule has 0 saturated heterocycles. The Morgan fingerprint density at radius 3 is 1.81 bits per heavy atom. The SMILES string of the molecule is Cc1ccc2c(c1)[nH]c1c3cc(/C=C/c4ccccc4)c4c5ccc(C)cc5sc4c3cc(/C=C/c3ccccc3)c21. The smallest absolute Gasteiger partial charge is 0.0551 e. The molecule has 0 aliphatic heterocycles. The maximum atomic E-state index is 3.86. The van der Waals surface area contributed by atoms with Gasteiger partial charge in [0.25, 0.3) is 0 Å². The normalized spacial score (nSPS) is 12.3. The van der Waals surface area contributed by atoms with Crippen LogP contribution in [0.3, 0.4) is 0 Å². The number of aryl methyl sites for hydroxylation is 2. The van der Waals surface area contributed by atoms with Gasteiger partial charge in [0.15, 0.2) is 0 Å². The van der Waals surface area contributed by atoms with Crippen LogP contribution >= 0.6 is 11.3 Å². The molecule has 2 heteroatoms. The van der Waals surface area contributed by atoms with Gasteiger partial charge in [-0.15, -0.1) is 11.3 Å². The predicted octanol–water partition coefficient (Wildman–Crippen LogP) is 11.8. The summed E-state index contributed by atoms with van der Waals surface area (Å²) in [6.07, 6.45) is 9.05. The van der Waals surface area contributed by atoms with Gasteiger partial charge in [0.05, 0.1) is 5.52 Å². The van der Waals surface area contributed by atoms with E-state index < -0.39 is 0 Å². The Labute approximate surface area is 249 Å². The molecule has 0 aliphatic carbocycles. The average Bonchev–Trinajstić information content (AvgIpc) is 3.58. The van der Waals surface area contributed by atoms with E-state index in [1.54, 1.807) is 0 Å². The second-order valence-electron chi connectivity index (χ2n) is 11.2. The summed E-state index contributed by atoms with van der Waals surface area (Å²) in [6, 6.07) is 39.6. The summed E-state index contributed by atoms with van der Waals surface area (Å²) in [6.45, 7) is 4.34. The number of hydrogen-bond acceptors (Lipinski definition) is 1. The van der Waals surface area contributed by atoms with Crippen molar-refractivity contribution >= 4 is 88.4 Å². The molecular formula is C40H29NS. The summed E-state index contributed by atoms with van der Waals surface area (Å²) in [7, 11) is 0. The van der Waals surface area contributed by atoms with Gasteiger partial charge in [-0.25, -0.2) is 0 Å². The van der Waals surface area contributed by atoms with E-state index in [-0.39, 0.29) is 0 Å². The first kappa shape index (κ1) is 24.8. The molecule has 8 aromatic rings. The van der Waals surface area contributed by atoms with Gasteiger partial charge >= 0.3 is 0 Å². The molecule has 6 aromatic carbocycles. The summed E-state index contributed by atoms with van der Waals surface area (Å²) < 4.78 is 2.67. The quantitative estimate of drug-likeness (QED) is 0.208. The van der Waals surface area contributed by atoms with Gasteiger partial charge in [-0.2, -0.15) is 0 Å². The van der Waals surface area contributed by atoms with E-state index in [4.69, 9.17) is 0 Å². The van der Waals surface area contributed by atoms with E-state index in [0.29, 0.717) is 0 Å². The molecule has 0 aliphatic rings. The topological polar surface area (TPSA) is 15.8 Å². The number of fused-ring (bicyclic) bond motifs is 9. The monoisotopic (exact) mass is 555 g/mol. The van der Waals surface area contributed by atoms with E-state index in [1.165, 1.54) is 86.1 Å². The van der Waals surface area contributed by atoms with Gasteiger partial charge in [-0.1, -0.05) is 109 Å². The maximum Gasteiger partial charge on any atom is 0.0551 e. The van der Waals surface area contributed by atoms with E-state index >= 15 is 0 Å². The van der Waals surface area contributed by atoms with Crippen molar-refractivity contribution in [2.45, 2.75) is 13.8 Å². The fraction of sp³-hybridized carbons (Fsp3) is 0.0500.